The standard InChI is InChI=1S/C21H24N4O/c1-24(19-9-11-22-16-23-19)18-13-21(14-18)10-12-25(15-21)20(26)8-7-17-5-3-2-4-6-17/h2-9,11,16,18H,10,12-15H2,1H3/b8-7+. The lowest BCUT2D eigenvalue weighted by Gasteiger charge is -2.49. The van der Waals surface area contributed by atoms with E-state index in [1.165, 1.54) is 0 Å². The number of carbonyl (C=O) groups is 1. The van der Waals surface area contributed by atoms with Crippen LogP contribution in [0.15, 0.2) is 55.0 Å². The van der Waals surface area contributed by atoms with Gasteiger partial charge in [-0.25, -0.2) is 9.97 Å². The van der Waals surface area contributed by atoms with Crippen molar-refractivity contribution < 1.29 is 4.79 Å². The molecule has 1 saturated carbocycles. The first-order valence-electron chi connectivity index (χ1n) is 9.16. The molecule has 134 valence electrons. The van der Waals surface area contributed by atoms with Crippen molar-refractivity contribution in [2.24, 2.45) is 5.41 Å². The first-order chi connectivity index (χ1) is 12.7. The lowest BCUT2D eigenvalue weighted by molar-refractivity contribution is -0.125. The summed E-state index contributed by atoms with van der Waals surface area (Å²) >= 11 is 0. The SMILES string of the molecule is CN(c1ccncn1)C1CC2(CCN(C(=O)/C=C/c3ccccc3)C2)C1. The normalized spacial score (nSPS) is 24.8. The maximum atomic E-state index is 12.5. The molecule has 26 heavy (non-hydrogen) atoms. The number of benzene rings is 1. The number of anilines is 1. The molecule has 1 aromatic heterocycles. The number of likely N-dealkylation sites (tertiary alicyclic amines) is 1. The van der Waals surface area contributed by atoms with Gasteiger partial charge >= 0.3 is 0 Å². The van der Waals surface area contributed by atoms with Gasteiger partial charge in [0.25, 0.3) is 0 Å². The molecule has 2 heterocycles. The fourth-order valence-corrected chi connectivity index (χ4v) is 4.19. The largest absolute Gasteiger partial charge is 0.357 e. The van der Waals surface area contributed by atoms with Crippen LogP contribution in [0.1, 0.15) is 24.8 Å². The molecule has 1 aromatic carbocycles. The van der Waals surface area contributed by atoms with E-state index in [-0.39, 0.29) is 5.91 Å². The molecule has 1 spiro atoms. The second-order valence-corrected chi connectivity index (χ2v) is 7.49. The van der Waals surface area contributed by atoms with E-state index in [9.17, 15) is 4.79 Å². The van der Waals surface area contributed by atoms with Gasteiger partial charge in [-0.15, -0.1) is 0 Å². The Bertz CT molecular complexity index is 784. The minimum Gasteiger partial charge on any atom is -0.357 e. The molecule has 2 aliphatic rings. The zero-order valence-corrected chi connectivity index (χ0v) is 15.1. The molecule has 1 saturated heterocycles. The Hall–Kier alpha value is -2.69. The van der Waals surface area contributed by atoms with E-state index in [4.69, 9.17) is 0 Å². The van der Waals surface area contributed by atoms with Crippen LogP contribution in [0.4, 0.5) is 5.82 Å². The van der Waals surface area contributed by atoms with Crippen molar-refractivity contribution in [3.8, 4) is 0 Å². The van der Waals surface area contributed by atoms with Crippen molar-refractivity contribution >= 4 is 17.8 Å². The van der Waals surface area contributed by atoms with Crippen molar-refractivity contribution in [2.45, 2.75) is 25.3 Å². The van der Waals surface area contributed by atoms with Gasteiger partial charge in [0.1, 0.15) is 12.1 Å². The molecule has 2 aromatic rings. The average Bonchev–Trinajstić information content (AvgIpc) is 3.12. The van der Waals surface area contributed by atoms with E-state index in [2.05, 4.69) is 21.9 Å². The summed E-state index contributed by atoms with van der Waals surface area (Å²) in [7, 11) is 2.10. The summed E-state index contributed by atoms with van der Waals surface area (Å²) in [5.41, 5.74) is 1.35. The van der Waals surface area contributed by atoms with E-state index in [1.807, 2.05) is 47.4 Å². The van der Waals surface area contributed by atoms with E-state index in [1.54, 1.807) is 18.6 Å². The summed E-state index contributed by atoms with van der Waals surface area (Å²) in [4.78, 5) is 25.1. The number of hydrogen-bond donors (Lipinski definition) is 0. The third kappa shape index (κ3) is 3.34. The number of hydrogen-bond acceptors (Lipinski definition) is 4. The molecule has 4 rings (SSSR count). The van der Waals surface area contributed by atoms with Crippen LogP contribution in [0.2, 0.25) is 0 Å². The molecule has 2 fully saturated rings. The Morgan fingerprint density at radius 1 is 1.27 bits per heavy atom. The second kappa shape index (κ2) is 6.90. The minimum atomic E-state index is 0.123. The molecule has 0 radical (unpaired) electrons. The Balaban J connectivity index is 1.32. The second-order valence-electron chi connectivity index (χ2n) is 7.49. The van der Waals surface area contributed by atoms with Crippen LogP contribution in [0.5, 0.6) is 0 Å². The first-order valence-corrected chi connectivity index (χ1v) is 9.16. The highest BCUT2D eigenvalue weighted by Gasteiger charge is 2.50. The zero-order valence-electron chi connectivity index (χ0n) is 15.1. The minimum absolute atomic E-state index is 0.123. The van der Waals surface area contributed by atoms with Gasteiger partial charge in [-0.3, -0.25) is 4.79 Å². The summed E-state index contributed by atoms with van der Waals surface area (Å²) in [5, 5.41) is 0. The van der Waals surface area contributed by atoms with Crippen molar-refractivity contribution in [2.75, 3.05) is 25.0 Å². The fraction of sp³-hybridized carbons (Fsp3) is 0.381. The molecule has 0 bridgehead atoms. The quantitative estimate of drug-likeness (QED) is 0.797. The van der Waals surface area contributed by atoms with Crippen molar-refractivity contribution in [1.29, 1.82) is 0 Å². The molecule has 0 N–H and O–H groups in total. The van der Waals surface area contributed by atoms with Gasteiger partial charge in [0.05, 0.1) is 0 Å². The average molecular weight is 348 g/mol. The molecular weight excluding hydrogens is 324 g/mol. The zero-order chi connectivity index (χ0) is 18.0. The van der Waals surface area contributed by atoms with Crippen molar-refractivity contribution in [3.05, 3.63) is 60.6 Å². The summed E-state index contributed by atoms with van der Waals surface area (Å²) in [6, 6.07) is 12.4. The molecule has 5 heteroatoms. The van der Waals surface area contributed by atoms with Crippen molar-refractivity contribution in [1.82, 2.24) is 14.9 Å². The molecule has 1 aliphatic heterocycles. The van der Waals surface area contributed by atoms with Crippen LogP contribution in [-0.4, -0.2) is 47.0 Å². The molecule has 5 nitrogen and oxygen atoms in total. The van der Waals surface area contributed by atoms with E-state index in [0.717, 1.165) is 43.7 Å². The molecule has 0 atom stereocenters. The maximum absolute atomic E-state index is 12.5. The summed E-state index contributed by atoms with van der Waals surface area (Å²) in [6.45, 7) is 1.74. The number of carbonyl (C=O) groups excluding carboxylic acids is 1. The molecule has 0 unspecified atom stereocenters. The third-order valence-electron chi connectivity index (χ3n) is 5.78. The van der Waals surface area contributed by atoms with Crippen LogP contribution >= 0.6 is 0 Å². The number of aromatic nitrogens is 2. The van der Waals surface area contributed by atoms with Gasteiger partial charge in [0.2, 0.25) is 5.91 Å². The Labute approximate surface area is 154 Å². The van der Waals surface area contributed by atoms with Crippen LogP contribution in [-0.2, 0) is 4.79 Å². The highest BCUT2D eigenvalue weighted by Crippen LogP contribution is 2.50. The highest BCUT2D eigenvalue weighted by atomic mass is 16.2. The lowest BCUT2D eigenvalue weighted by atomic mass is 9.64. The number of rotatable bonds is 4. The predicted molar refractivity (Wildman–Crippen MR) is 103 cm³/mol. The summed E-state index contributed by atoms with van der Waals surface area (Å²) in [6.07, 6.45) is 10.3. The first kappa shape index (κ1) is 16.8. The summed E-state index contributed by atoms with van der Waals surface area (Å²) < 4.78 is 0. The fourth-order valence-electron chi connectivity index (χ4n) is 4.19. The van der Waals surface area contributed by atoms with E-state index in [0.29, 0.717) is 11.5 Å². The van der Waals surface area contributed by atoms with Gasteiger partial charge < -0.3 is 9.80 Å². The van der Waals surface area contributed by atoms with Crippen molar-refractivity contribution in [3.63, 3.8) is 0 Å². The smallest absolute Gasteiger partial charge is 0.246 e. The molecule has 1 amide bonds. The van der Waals surface area contributed by atoms with Gasteiger partial charge in [0.15, 0.2) is 0 Å². The van der Waals surface area contributed by atoms with E-state index < -0.39 is 0 Å². The molecule has 1 aliphatic carbocycles. The van der Waals surface area contributed by atoms with Crippen LogP contribution in [0, 0.1) is 5.41 Å². The van der Waals surface area contributed by atoms with E-state index >= 15 is 0 Å². The van der Waals surface area contributed by atoms with Gasteiger partial charge in [-0.1, -0.05) is 30.3 Å². The predicted octanol–water partition coefficient (Wildman–Crippen LogP) is 3.01. The Morgan fingerprint density at radius 2 is 2.08 bits per heavy atom. The summed E-state index contributed by atoms with van der Waals surface area (Å²) in [5.74, 6) is 1.09. The topological polar surface area (TPSA) is 49.3 Å². The highest BCUT2D eigenvalue weighted by molar-refractivity contribution is 5.92. The molecular formula is C21H24N4O. The maximum Gasteiger partial charge on any atom is 0.246 e. The van der Waals surface area contributed by atoms with Crippen LogP contribution in [0.3, 0.4) is 0 Å². The number of amides is 1. The Kier molecular flexibility index (Phi) is 4.45. The van der Waals surface area contributed by atoms with Gasteiger partial charge in [-0.2, -0.15) is 0 Å². The Morgan fingerprint density at radius 3 is 2.81 bits per heavy atom. The lowest BCUT2D eigenvalue weighted by Crippen LogP contribution is -2.51. The van der Waals surface area contributed by atoms with Crippen LogP contribution < -0.4 is 4.90 Å². The number of nitrogens with zero attached hydrogens (tertiary/aromatic N) is 4. The van der Waals surface area contributed by atoms with Gasteiger partial charge in [-0.05, 0) is 42.4 Å². The monoisotopic (exact) mass is 348 g/mol. The van der Waals surface area contributed by atoms with Crippen LogP contribution in [0.25, 0.3) is 6.08 Å². The van der Waals surface area contributed by atoms with Gasteiger partial charge in [0, 0.05) is 38.5 Å². The third-order valence-corrected chi connectivity index (χ3v) is 5.78.